The SMILES string of the molecule is CN(C)Cc1nc(NC(=O)O)ccc1C1(O)CCC1. The molecule has 0 aliphatic heterocycles. The maximum atomic E-state index is 10.6. The Morgan fingerprint density at radius 2 is 2.16 bits per heavy atom. The van der Waals surface area contributed by atoms with Gasteiger partial charge in [-0.25, -0.2) is 9.78 Å². The Morgan fingerprint density at radius 1 is 1.47 bits per heavy atom. The van der Waals surface area contributed by atoms with Crippen molar-refractivity contribution in [2.45, 2.75) is 31.4 Å². The number of hydrogen-bond donors (Lipinski definition) is 3. The number of nitrogens with one attached hydrogen (secondary N) is 1. The number of pyridine rings is 1. The summed E-state index contributed by atoms with van der Waals surface area (Å²) in [5.74, 6) is 0.288. The number of aliphatic hydroxyl groups is 1. The summed E-state index contributed by atoms with van der Waals surface area (Å²) >= 11 is 0. The summed E-state index contributed by atoms with van der Waals surface area (Å²) < 4.78 is 0. The molecule has 1 amide bonds. The first-order chi connectivity index (χ1) is 8.90. The highest BCUT2D eigenvalue weighted by Crippen LogP contribution is 2.42. The molecule has 1 saturated carbocycles. The molecule has 0 radical (unpaired) electrons. The van der Waals surface area contributed by atoms with Gasteiger partial charge < -0.3 is 15.1 Å². The van der Waals surface area contributed by atoms with Crippen molar-refractivity contribution in [1.29, 1.82) is 0 Å². The van der Waals surface area contributed by atoms with Crippen molar-refractivity contribution in [1.82, 2.24) is 9.88 Å². The molecule has 1 aromatic heterocycles. The van der Waals surface area contributed by atoms with Crippen LogP contribution in [0.15, 0.2) is 12.1 Å². The van der Waals surface area contributed by atoms with E-state index in [1.54, 1.807) is 12.1 Å². The Labute approximate surface area is 112 Å². The highest BCUT2D eigenvalue weighted by Gasteiger charge is 2.38. The fourth-order valence-electron chi connectivity index (χ4n) is 2.31. The number of hydrogen-bond acceptors (Lipinski definition) is 4. The summed E-state index contributed by atoms with van der Waals surface area (Å²) in [5, 5.41) is 21.4. The predicted octanol–water partition coefficient (Wildman–Crippen LogP) is 1.60. The average Bonchev–Trinajstić information content (AvgIpc) is 2.24. The van der Waals surface area contributed by atoms with Gasteiger partial charge in [0.15, 0.2) is 0 Å². The van der Waals surface area contributed by atoms with Crippen LogP contribution in [0.4, 0.5) is 10.6 Å². The molecule has 3 N–H and O–H groups in total. The molecule has 1 aromatic rings. The molecule has 1 aliphatic carbocycles. The molecule has 0 atom stereocenters. The van der Waals surface area contributed by atoms with E-state index in [9.17, 15) is 9.90 Å². The van der Waals surface area contributed by atoms with Crippen molar-refractivity contribution in [3.63, 3.8) is 0 Å². The van der Waals surface area contributed by atoms with Gasteiger partial charge in [-0.3, -0.25) is 5.32 Å². The summed E-state index contributed by atoms with van der Waals surface area (Å²) in [4.78, 5) is 16.9. The first-order valence-electron chi connectivity index (χ1n) is 6.28. The largest absolute Gasteiger partial charge is 0.465 e. The standard InChI is InChI=1S/C13H19N3O3/c1-16(2)8-10-9(13(19)6-3-7-13)4-5-11(14-10)15-12(17)18/h4-5,19H,3,6-8H2,1-2H3,(H,14,15)(H,17,18). The highest BCUT2D eigenvalue weighted by molar-refractivity contribution is 5.81. The zero-order valence-corrected chi connectivity index (χ0v) is 11.2. The van der Waals surface area contributed by atoms with Crippen molar-refractivity contribution in [2.75, 3.05) is 19.4 Å². The number of rotatable bonds is 4. The van der Waals surface area contributed by atoms with Crippen LogP contribution in [-0.2, 0) is 12.1 Å². The quantitative estimate of drug-likeness (QED) is 0.770. The van der Waals surface area contributed by atoms with Gasteiger partial charge in [0.05, 0.1) is 11.3 Å². The second-order valence-electron chi connectivity index (χ2n) is 5.24. The van der Waals surface area contributed by atoms with E-state index in [1.165, 1.54) is 0 Å². The molecule has 1 fully saturated rings. The number of nitrogens with zero attached hydrogens (tertiary/aromatic N) is 2. The average molecular weight is 265 g/mol. The van der Waals surface area contributed by atoms with Gasteiger partial charge in [0.25, 0.3) is 0 Å². The van der Waals surface area contributed by atoms with Crippen molar-refractivity contribution < 1.29 is 15.0 Å². The fraction of sp³-hybridized carbons (Fsp3) is 0.538. The molecule has 2 rings (SSSR count). The third kappa shape index (κ3) is 3.02. The van der Waals surface area contributed by atoms with Gasteiger partial charge in [0.1, 0.15) is 5.82 Å². The molecule has 0 aromatic carbocycles. The Morgan fingerprint density at radius 3 is 2.63 bits per heavy atom. The lowest BCUT2D eigenvalue weighted by atomic mass is 9.74. The minimum atomic E-state index is -1.14. The van der Waals surface area contributed by atoms with Gasteiger partial charge in [-0.2, -0.15) is 0 Å². The molecule has 1 heterocycles. The molecule has 0 unspecified atom stereocenters. The van der Waals surface area contributed by atoms with Gasteiger partial charge >= 0.3 is 6.09 Å². The van der Waals surface area contributed by atoms with Crippen molar-refractivity contribution in [3.05, 3.63) is 23.4 Å². The smallest absolute Gasteiger partial charge is 0.410 e. The van der Waals surface area contributed by atoms with Crippen molar-refractivity contribution in [2.24, 2.45) is 0 Å². The Hall–Kier alpha value is -1.66. The van der Waals surface area contributed by atoms with Gasteiger partial charge in [-0.15, -0.1) is 0 Å². The lowest BCUT2D eigenvalue weighted by Gasteiger charge is -2.38. The third-order valence-electron chi connectivity index (χ3n) is 3.36. The van der Waals surface area contributed by atoms with E-state index in [0.717, 1.165) is 30.5 Å². The number of aromatic nitrogens is 1. The number of carboxylic acid groups (broad SMARTS) is 1. The van der Waals surface area contributed by atoms with E-state index in [2.05, 4.69) is 10.3 Å². The topological polar surface area (TPSA) is 85.7 Å². The Balaban J connectivity index is 2.33. The molecule has 0 bridgehead atoms. The van der Waals surface area contributed by atoms with E-state index in [-0.39, 0.29) is 5.82 Å². The Kier molecular flexibility index (Phi) is 3.73. The molecule has 1 aliphatic rings. The first kappa shape index (κ1) is 13.8. The second kappa shape index (κ2) is 5.14. The first-order valence-corrected chi connectivity index (χ1v) is 6.28. The van der Waals surface area contributed by atoms with Gasteiger partial charge in [0, 0.05) is 12.1 Å². The Bertz CT molecular complexity index is 484. The van der Waals surface area contributed by atoms with E-state index in [0.29, 0.717) is 6.54 Å². The van der Waals surface area contributed by atoms with Crippen LogP contribution in [0, 0.1) is 0 Å². The fourth-order valence-corrected chi connectivity index (χ4v) is 2.31. The molecular formula is C13H19N3O3. The second-order valence-corrected chi connectivity index (χ2v) is 5.24. The zero-order valence-electron chi connectivity index (χ0n) is 11.2. The van der Waals surface area contributed by atoms with Crippen LogP contribution >= 0.6 is 0 Å². The summed E-state index contributed by atoms with van der Waals surface area (Å²) in [6.07, 6.45) is 1.34. The van der Waals surface area contributed by atoms with Gasteiger partial charge in [-0.1, -0.05) is 6.07 Å². The molecule has 104 valence electrons. The zero-order chi connectivity index (χ0) is 14.0. The lowest BCUT2D eigenvalue weighted by Crippen LogP contribution is -2.35. The van der Waals surface area contributed by atoms with Crippen molar-refractivity contribution in [3.8, 4) is 0 Å². The van der Waals surface area contributed by atoms with Crippen LogP contribution in [0.3, 0.4) is 0 Å². The minimum absolute atomic E-state index is 0.288. The summed E-state index contributed by atoms with van der Waals surface area (Å²) in [6, 6.07) is 3.37. The van der Waals surface area contributed by atoms with Crippen LogP contribution in [0.1, 0.15) is 30.5 Å². The summed E-state index contributed by atoms with van der Waals surface area (Å²) in [7, 11) is 3.82. The number of anilines is 1. The molecular weight excluding hydrogens is 246 g/mol. The maximum absolute atomic E-state index is 10.6. The number of carbonyl (C=O) groups is 1. The van der Waals surface area contributed by atoms with Crippen LogP contribution in [-0.4, -0.2) is 40.3 Å². The van der Waals surface area contributed by atoms with Crippen LogP contribution in [0.2, 0.25) is 0 Å². The summed E-state index contributed by atoms with van der Waals surface area (Å²) in [6.45, 7) is 0.562. The van der Waals surface area contributed by atoms with Crippen molar-refractivity contribution >= 4 is 11.9 Å². The van der Waals surface area contributed by atoms with E-state index < -0.39 is 11.7 Å². The van der Waals surface area contributed by atoms with E-state index in [4.69, 9.17) is 5.11 Å². The van der Waals surface area contributed by atoms with Gasteiger partial charge in [-0.05, 0) is 39.4 Å². The molecule has 0 spiro atoms. The normalized spacial score (nSPS) is 17.1. The third-order valence-corrected chi connectivity index (χ3v) is 3.36. The van der Waals surface area contributed by atoms with E-state index >= 15 is 0 Å². The monoisotopic (exact) mass is 265 g/mol. The molecule has 6 heteroatoms. The highest BCUT2D eigenvalue weighted by atomic mass is 16.4. The molecule has 0 saturated heterocycles. The van der Waals surface area contributed by atoms with Crippen LogP contribution in [0.5, 0.6) is 0 Å². The number of amides is 1. The predicted molar refractivity (Wildman–Crippen MR) is 71.0 cm³/mol. The summed E-state index contributed by atoms with van der Waals surface area (Å²) in [5.41, 5.74) is 0.738. The van der Waals surface area contributed by atoms with Gasteiger partial charge in [0.2, 0.25) is 0 Å². The maximum Gasteiger partial charge on any atom is 0.410 e. The minimum Gasteiger partial charge on any atom is -0.465 e. The molecule has 6 nitrogen and oxygen atoms in total. The molecule has 19 heavy (non-hydrogen) atoms. The van der Waals surface area contributed by atoms with Crippen LogP contribution in [0.25, 0.3) is 0 Å². The lowest BCUT2D eigenvalue weighted by molar-refractivity contribution is -0.0401. The van der Waals surface area contributed by atoms with E-state index in [1.807, 2.05) is 19.0 Å². The van der Waals surface area contributed by atoms with Crippen LogP contribution < -0.4 is 5.32 Å².